The molecule has 0 radical (unpaired) electrons. The molecule has 26 aromatic rings. The average molecular weight is 1870 g/mol. The van der Waals surface area contributed by atoms with E-state index in [4.69, 9.17) is 6.57 Å². The quantitative estimate of drug-likeness (QED) is 0.0482. The van der Waals surface area contributed by atoms with Gasteiger partial charge in [-0.3, -0.25) is 0 Å². The molecule has 26 aromatic carbocycles. The van der Waals surface area contributed by atoms with Gasteiger partial charge in [-0.2, -0.15) is 5.26 Å². The van der Waals surface area contributed by atoms with Gasteiger partial charge in [-0.25, -0.2) is 31.2 Å². The standard InChI is InChI=1S/C48H32N2.C42H24F2N4.C40H24F4N2/c1-3-17-37(18-4-1)49(43-23-11-15-33-13-7-9-21-39(33)43)45-31-27-35-26-30-42-46(32-28-36-25-29-41(45)47(35)48(36)42)50(38-19-5-2-6-20-38)44-24-12-16-34-14-8-10-22-40(34)44;1-46-38-25-33(17-21-37(38)44)48(31-10-6-3-7-11-31)40-23-15-28-12-18-34-39(22-14-27-13-19-35(40)42(28)41(27)34)47(30-8-4-2-5-9-30)32-16-20-36(43)29(24-32)26-45;41-27-15-21-37(33(43)23-27)45(29-7-3-1-4-8-29)35-19-13-25-12-18-32-36(20-14-26-11-17-31(35)39(25)40(26)32)46(30-9-5-2-6-10-30)38-22-16-28(42)24-34(38)44/h1-32H;2-25H;1-24H. The van der Waals surface area contributed by atoms with Crippen LogP contribution in [0, 0.1) is 52.8 Å². The summed E-state index contributed by atoms with van der Waals surface area (Å²) in [5.74, 6) is -3.80. The lowest BCUT2D eigenvalue weighted by molar-refractivity contribution is 0.583. The van der Waals surface area contributed by atoms with Gasteiger partial charge in [-0.15, -0.1) is 0 Å². The van der Waals surface area contributed by atoms with Crippen molar-refractivity contribution in [2.24, 2.45) is 0 Å². The van der Waals surface area contributed by atoms with E-state index in [-0.39, 0.29) is 22.6 Å². The fraction of sp³-hybridized carbons (Fsp3) is 0. The summed E-state index contributed by atoms with van der Waals surface area (Å²) in [4.78, 5) is 16.0. The Morgan fingerprint density at radius 3 is 0.722 bits per heavy atom. The van der Waals surface area contributed by atoms with E-state index in [1.54, 1.807) is 34.1 Å². The van der Waals surface area contributed by atoms with Crippen LogP contribution in [0.2, 0.25) is 0 Å². The average Bonchev–Trinajstić information content (AvgIpc) is 0.721. The van der Waals surface area contributed by atoms with Crippen molar-refractivity contribution in [1.82, 2.24) is 0 Å². The van der Waals surface area contributed by atoms with Crippen molar-refractivity contribution in [2.75, 3.05) is 29.4 Å². The highest BCUT2D eigenvalue weighted by Gasteiger charge is 2.30. The Balaban J connectivity index is 0.000000116. The highest BCUT2D eigenvalue weighted by atomic mass is 19.2. The van der Waals surface area contributed by atoms with Gasteiger partial charge in [0.05, 0.1) is 69.0 Å². The van der Waals surface area contributed by atoms with Crippen molar-refractivity contribution in [3.05, 3.63) is 537 Å². The lowest BCUT2D eigenvalue weighted by Crippen LogP contribution is -2.13. The molecule has 0 fully saturated rings. The lowest BCUT2D eigenvalue weighted by atomic mass is 9.91. The number of fused-ring (bicyclic) bond motifs is 2. The van der Waals surface area contributed by atoms with E-state index in [1.807, 2.05) is 181 Å². The zero-order valence-electron chi connectivity index (χ0n) is 77.0. The number of rotatable bonds is 18. The monoisotopic (exact) mass is 1870 g/mol. The Kier molecular flexibility index (Phi) is 22.4. The van der Waals surface area contributed by atoms with Gasteiger partial charge >= 0.3 is 0 Å². The molecule has 14 heteroatoms. The maximum absolute atomic E-state index is 15.4. The zero-order chi connectivity index (χ0) is 97.2. The van der Waals surface area contributed by atoms with E-state index < -0.39 is 34.9 Å². The summed E-state index contributed by atoms with van der Waals surface area (Å²) in [6, 6.07) is 160. The third-order valence-corrected chi connectivity index (χ3v) is 27.3. The summed E-state index contributed by atoms with van der Waals surface area (Å²) in [6.45, 7) is 7.54. The second-order valence-corrected chi connectivity index (χ2v) is 35.5. The maximum Gasteiger partial charge on any atom is 0.224 e. The van der Waals surface area contributed by atoms with E-state index in [2.05, 4.69) is 262 Å². The van der Waals surface area contributed by atoms with Gasteiger partial charge in [0.15, 0.2) is 0 Å². The van der Waals surface area contributed by atoms with E-state index in [0.29, 0.717) is 34.1 Å². The Morgan fingerprint density at radius 1 is 0.181 bits per heavy atom. The van der Waals surface area contributed by atoms with Crippen molar-refractivity contribution >= 4 is 227 Å². The highest BCUT2D eigenvalue weighted by Crippen LogP contribution is 2.55. The van der Waals surface area contributed by atoms with Crippen LogP contribution in [0.1, 0.15) is 5.56 Å². The van der Waals surface area contributed by atoms with Crippen LogP contribution in [0.25, 0.3) is 123 Å². The number of halogens is 6. The Morgan fingerprint density at radius 2 is 0.424 bits per heavy atom. The molecule has 0 N–H and O–H groups in total. The molecule has 0 bridgehead atoms. The summed E-state index contributed by atoms with van der Waals surface area (Å²) in [7, 11) is 0. The van der Waals surface area contributed by atoms with E-state index in [0.717, 1.165) is 134 Å². The summed E-state index contributed by atoms with van der Waals surface area (Å²) in [5, 5.41) is 33.8. The molecule has 144 heavy (non-hydrogen) atoms. The maximum atomic E-state index is 15.4. The molecular weight excluding hydrogens is 1790 g/mol. The first-order valence-electron chi connectivity index (χ1n) is 47.3. The minimum Gasteiger partial charge on any atom is -0.311 e. The number of anilines is 18. The SMILES string of the molecule is Fc1ccc(N(c2ccccc2)c2ccc3ccc4c(N(c5ccccc5)c5ccc(F)cc5F)ccc5ccc2c3c54)c(F)c1.[C-]#[N+]c1cc(N(c2ccccc2)c2ccc3ccc4c(N(c5ccccc5)c5ccc(F)c(C#N)c5)ccc5ccc2c3c54)ccc1F.c1ccc(N(c2cccc3ccccc23)c2ccc3ccc4c(N(c5ccccc5)c5cccc6ccccc56)ccc5ccc2c3c54)cc1. The van der Waals surface area contributed by atoms with Crippen LogP contribution in [0.4, 0.5) is 134 Å². The van der Waals surface area contributed by atoms with Crippen LogP contribution in [0.15, 0.2) is 485 Å². The van der Waals surface area contributed by atoms with Crippen molar-refractivity contribution in [1.29, 1.82) is 5.26 Å². The molecule has 0 aliphatic heterocycles. The Bertz CT molecular complexity index is 8950. The topological polar surface area (TPSA) is 47.6 Å². The first kappa shape index (κ1) is 87.5. The summed E-state index contributed by atoms with van der Waals surface area (Å²) >= 11 is 0. The number of hydrogen-bond donors (Lipinski definition) is 0. The number of para-hydroxylation sites is 6. The Labute approximate surface area is 825 Å². The van der Waals surface area contributed by atoms with Crippen molar-refractivity contribution in [3.63, 3.8) is 0 Å². The Hall–Kier alpha value is -19.3. The summed E-state index contributed by atoms with van der Waals surface area (Å²) in [6.07, 6.45) is 0. The molecule has 0 saturated carbocycles. The molecule has 8 nitrogen and oxygen atoms in total. The lowest BCUT2D eigenvalue weighted by Gasteiger charge is -2.30. The van der Waals surface area contributed by atoms with Crippen LogP contribution in [0.3, 0.4) is 0 Å². The molecule has 682 valence electrons. The van der Waals surface area contributed by atoms with Gasteiger partial charge in [0.25, 0.3) is 0 Å². The molecule has 0 aliphatic rings. The van der Waals surface area contributed by atoms with Crippen LogP contribution in [-0.2, 0) is 0 Å². The van der Waals surface area contributed by atoms with Gasteiger partial charge in [0.1, 0.15) is 41.0 Å². The fourth-order valence-electron chi connectivity index (χ4n) is 21.0. The zero-order valence-corrected chi connectivity index (χ0v) is 77.0. The molecule has 0 aliphatic carbocycles. The van der Waals surface area contributed by atoms with Gasteiger partial charge in [-0.05, 0) is 257 Å². The minimum atomic E-state index is -0.684. The molecule has 26 rings (SSSR count). The van der Waals surface area contributed by atoms with Crippen LogP contribution in [0.5, 0.6) is 0 Å². The van der Waals surface area contributed by atoms with Crippen molar-refractivity contribution in [2.45, 2.75) is 0 Å². The van der Waals surface area contributed by atoms with Gasteiger partial charge in [-0.1, -0.05) is 291 Å². The highest BCUT2D eigenvalue weighted by molar-refractivity contribution is 6.32. The van der Waals surface area contributed by atoms with E-state index >= 15 is 8.78 Å². The third kappa shape index (κ3) is 15.5. The number of nitrogens with zero attached hydrogens (tertiary/aromatic N) is 8. The van der Waals surface area contributed by atoms with Gasteiger partial charge in [0, 0.05) is 101 Å². The van der Waals surface area contributed by atoms with E-state index in [1.165, 1.54) is 90.3 Å². The molecule has 0 amide bonds. The molecular formula is C130H80F6N8. The molecule has 0 unspecified atom stereocenters. The smallest absolute Gasteiger partial charge is 0.224 e. The van der Waals surface area contributed by atoms with Gasteiger partial charge < -0.3 is 29.4 Å². The number of benzene rings is 26. The largest absolute Gasteiger partial charge is 0.311 e. The van der Waals surface area contributed by atoms with E-state index in [9.17, 15) is 22.8 Å². The normalized spacial score (nSPS) is 11.4. The number of nitriles is 1. The summed E-state index contributed by atoms with van der Waals surface area (Å²) in [5.41, 5.74) is 15.0. The van der Waals surface area contributed by atoms with Crippen LogP contribution >= 0.6 is 0 Å². The fourth-order valence-corrected chi connectivity index (χ4v) is 21.0. The predicted molar refractivity (Wildman–Crippen MR) is 584 cm³/mol. The summed E-state index contributed by atoms with van der Waals surface area (Å²) < 4.78 is 88.0. The van der Waals surface area contributed by atoms with Crippen molar-refractivity contribution in [3.8, 4) is 6.07 Å². The first-order valence-corrected chi connectivity index (χ1v) is 47.3. The molecule has 0 atom stereocenters. The second kappa shape index (κ2) is 36.9. The van der Waals surface area contributed by atoms with Crippen molar-refractivity contribution < 1.29 is 26.3 Å². The molecule has 0 aromatic heterocycles. The van der Waals surface area contributed by atoms with Crippen LogP contribution in [-0.4, -0.2) is 0 Å². The minimum absolute atomic E-state index is 0.0287. The number of hydrogen-bond acceptors (Lipinski definition) is 7. The van der Waals surface area contributed by atoms with Gasteiger partial charge in [0.2, 0.25) is 5.69 Å². The van der Waals surface area contributed by atoms with Crippen LogP contribution < -0.4 is 29.4 Å². The molecule has 0 saturated heterocycles. The second-order valence-electron chi connectivity index (χ2n) is 35.5. The first-order chi connectivity index (χ1) is 70.9. The predicted octanol–water partition coefficient (Wildman–Crippen LogP) is 38.1. The third-order valence-electron chi connectivity index (χ3n) is 27.3. The molecule has 0 heterocycles. The molecule has 0 spiro atoms.